The number of fused-ring (bicyclic) bond motifs is 3. The Bertz CT molecular complexity index is 954. The molecule has 18 heavy (non-hydrogen) atoms. The second-order valence-electron chi connectivity index (χ2n) is 3.95. The molecule has 0 aromatic carbocycles. The number of aromatic nitrogens is 6. The Balaban J connectivity index is 2.32. The van der Waals surface area contributed by atoms with Crippen LogP contribution in [0.25, 0.3) is 27.7 Å². The lowest BCUT2D eigenvalue weighted by molar-refractivity contribution is -0.375. The van der Waals surface area contributed by atoms with Gasteiger partial charge in [0.1, 0.15) is 6.33 Å². The van der Waals surface area contributed by atoms with Crippen LogP contribution in [0.1, 0.15) is 0 Å². The summed E-state index contributed by atoms with van der Waals surface area (Å²) in [6, 6.07) is 3.62. The third kappa shape index (κ3) is 1.10. The van der Waals surface area contributed by atoms with E-state index in [4.69, 9.17) is 0 Å². The van der Waals surface area contributed by atoms with Gasteiger partial charge in [-0.25, -0.2) is 19.5 Å². The zero-order valence-corrected chi connectivity index (χ0v) is 9.08. The van der Waals surface area contributed by atoms with Gasteiger partial charge in [-0.3, -0.25) is 4.79 Å². The monoisotopic (exact) mass is 239 g/mol. The van der Waals surface area contributed by atoms with E-state index in [0.29, 0.717) is 16.8 Å². The molecule has 7 heteroatoms. The van der Waals surface area contributed by atoms with Crippen molar-refractivity contribution in [2.45, 2.75) is 0 Å². The lowest BCUT2D eigenvalue weighted by Gasteiger charge is -1.98. The third-order valence-corrected chi connectivity index (χ3v) is 2.87. The van der Waals surface area contributed by atoms with Gasteiger partial charge >= 0.3 is 0 Å². The van der Waals surface area contributed by atoms with Gasteiger partial charge in [-0.05, 0) is 6.07 Å². The molecule has 0 bridgehead atoms. The molecule has 0 radical (unpaired) electrons. The molecule has 0 fully saturated rings. The maximum Gasteiger partial charge on any atom is 0.269 e. The number of nitrogens with zero attached hydrogens (tertiary/aromatic N) is 4. The lowest BCUT2D eigenvalue weighted by atomic mass is 10.2. The van der Waals surface area contributed by atoms with Crippen molar-refractivity contribution in [2.24, 2.45) is 0 Å². The van der Waals surface area contributed by atoms with Gasteiger partial charge in [0.15, 0.2) is 18.0 Å². The molecule has 0 amide bonds. The predicted octanol–water partition coefficient (Wildman–Crippen LogP) is -0.0669. The number of hydrogen-bond donors (Lipinski definition) is 1. The summed E-state index contributed by atoms with van der Waals surface area (Å²) in [7, 11) is 0. The van der Waals surface area contributed by atoms with E-state index in [-0.39, 0.29) is 5.56 Å². The largest absolute Gasteiger partial charge is 0.269 e. The van der Waals surface area contributed by atoms with E-state index in [2.05, 4.69) is 25.1 Å². The van der Waals surface area contributed by atoms with Gasteiger partial charge in [-0.2, -0.15) is 10.1 Å². The van der Waals surface area contributed by atoms with Crippen molar-refractivity contribution in [2.75, 3.05) is 0 Å². The molecule has 0 aliphatic heterocycles. The number of rotatable bonds is 0. The molecule has 4 aromatic rings. The first-order chi connectivity index (χ1) is 8.83. The Kier molecular flexibility index (Phi) is 1.59. The first kappa shape index (κ1) is 9.23. The Morgan fingerprint density at radius 1 is 1.33 bits per heavy atom. The fraction of sp³-hybridized carbons (Fsp3) is 0. The van der Waals surface area contributed by atoms with Crippen LogP contribution in [0.5, 0.6) is 0 Å². The maximum atomic E-state index is 12.2. The summed E-state index contributed by atoms with van der Waals surface area (Å²) in [6.45, 7) is 0. The topological polar surface area (TPSA) is 90.1 Å². The van der Waals surface area contributed by atoms with E-state index in [0.717, 1.165) is 10.9 Å². The summed E-state index contributed by atoms with van der Waals surface area (Å²) < 4.78 is 1.36. The first-order valence-electron chi connectivity index (χ1n) is 5.35. The van der Waals surface area contributed by atoms with Crippen LogP contribution in [-0.4, -0.2) is 24.6 Å². The molecule has 0 aliphatic carbocycles. The molecule has 7 nitrogen and oxygen atoms in total. The fourth-order valence-corrected chi connectivity index (χ4v) is 2.00. The van der Waals surface area contributed by atoms with Gasteiger partial charge in [-0.15, -0.1) is 0 Å². The molecular weight excluding hydrogens is 232 g/mol. The smallest absolute Gasteiger partial charge is 0.268 e. The van der Waals surface area contributed by atoms with Crippen molar-refractivity contribution < 1.29 is 4.98 Å². The molecule has 4 aromatic heterocycles. The number of pyridine rings is 2. The van der Waals surface area contributed by atoms with Gasteiger partial charge in [0.25, 0.3) is 5.56 Å². The molecule has 4 rings (SSSR count). The first-order valence-corrected chi connectivity index (χ1v) is 5.35. The minimum atomic E-state index is -0.179. The van der Waals surface area contributed by atoms with Crippen LogP contribution in [0.15, 0.2) is 35.6 Å². The second kappa shape index (κ2) is 3.10. The van der Waals surface area contributed by atoms with Gasteiger partial charge in [0, 0.05) is 6.07 Å². The van der Waals surface area contributed by atoms with Crippen LogP contribution in [0.2, 0.25) is 0 Å². The lowest BCUT2D eigenvalue weighted by Crippen LogP contribution is -2.14. The van der Waals surface area contributed by atoms with Crippen LogP contribution >= 0.6 is 0 Å². The summed E-state index contributed by atoms with van der Waals surface area (Å²) in [5.41, 5.74) is 1.03. The average Bonchev–Trinajstić information content (AvgIpc) is 2.86. The normalized spacial score (nSPS) is 11.6. The molecule has 86 valence electrons. The predicted molar refractivity (Wildman–Crippen MR) is 63.0 cm³/mol. The molecule has 4 heterocycles. The Labute approximate surface area is 99.1 Å². The van der Waals surface area contributed by atoms with Crippen LogP contribution < -0.4 is 10.5 Å². The van der Waals surface area contributed by atoms with E-state index in [1.54, 1.807) is 18.5 Å². The average molecular weight is 239 g/mol. The molecule has 0 saturated carbocycles. The van der Waals surface area contributed by atoms with Crippen molar-refractivity contribution >= 4 is 27.7 Å². The third-order valence-electron chi connectivity index (χ3n) is 2.87. The minimum absolute atomic E-state index is 0.179. The van der Waals surface area contributed by atoms with Crippen molar-refractivity contribution in [3.63, 3.8) is 0 Å². The van der Waals surface area contributed by atoms with Crippen molar-refractivity contribution in [1.29, 1.82) is 0 Å². The van der Waals surface area contributed by atoms with Crippen molar-refractivity contribution in [1.82, 2.24) is 24.6 Å². The van der Waals surface area contributed by atoms with Crippen molar-refractivity contribution in [3.8, 4) is 0 Å². The molecule has 2 N–H and O–H groups in total. The number of H-pyrrole nitrogens is 2. The highest BCUT2D eigenvalue weighted by atomic mass is 16.1. The molecule has 0 atom stereocenters. The van der Waals surface area contributed by atoms with Crippen LogP contribution in [-0.2, 0) is 0 Å². The zero-order valence-electron chi connectivity index (χ0n) is 9.08. The number of nitrogens with one attached hydrogen (secondary N) is 2. The zero-order chi connectivity index (χ0) is 12.1. The maximum absolute atomic E-state index is 12.2. The highest BCUT2D eigenvalue weighted by molar-refractivity contribution is 5.90. The van der Waals surface area contributed by atoms with Crippen LogP contribution in [0.4, 0.5) is 0 Å². The Hall–Kier alpha value is -2.83. The highest BCUT2D eigenvalue weighted by Gasteiger charge is 2.09. The van der Waals surface area contributed by atoms with Crippen molar-refractivity contribution in [3.05, 3.63) is 41.2 Å². The molecule has 0 aliphatic rings. The highest BCUT2D eigenvalue weighted by Crippen LogP contribution is 2.13. The van der Waals surface area contributed by atoms with E-state index in [1.165, 1.54) is 10.7 Å². The SMILES string of the molecule is O=c1c2cc3c[nH+]ccc3nc2nc2[nH]ncn12. The van der Waals surface area contributed by atoms with Crippen LogP contribution in [0, 0.1) is 0 Å². The molecule has 0 saturated heterocycles. The molecular formula is C11H7N6O+. The number of hydrogen-bond acceptors (Lipinski definition) is 4. The molecule has 0 unspecified atom stereocenters. The Morgan fingerprint density at radius 2 is 2.28 bits per heavy atom. The van der Waals surface area contributed by atoms with E-state index in [1.807, 2.05) is 6.07 Å². The molecule has 0 spiro atoms. The van der Waals surface area contributed by atoms with Gasteiger partial charge in [0.2, 0.25) is 5.78 Å². The van der Waals surface area contributed by atoms with E-state index < -0.39 is 0 Å². The minimum Gasteiger partial charge on any atom is -0.268 e. The van der Waals surface area contributed by atoms with E-state index in [9.17, 15) is 4.79 Å². The summed E-state index contributed by atoms with van der Waals surface area (Å²) >= 11 is 0. The van der Waals surface area contributed by atoms with E-state index >= 15 is 0 Å². The van der Waals surface area contributed by atoms with Gasteiger partial charge in [0.05, 0.1) is 16.3 Å². The summed E-state index contributed by atoms with van der Waals surface area (Å²) in [5, 5.41) is 7.79. The summed E-state index contributed by atoms with van der Waals surface area (Å²) in [6.07, 6.45) is 4.99. The quantitative estimate of drug-likeness (QED) is 0.435. The van der Waals surface area contributed by atoms with Crippen LogP contribution in [0.3, 0.4) is 0 Å². The summed E-state index contributed by atoms with van der Waals surface area (Å²) in [5.74, 6) is 0.391. The number of aromatic amines is 2. The second-order valence-corrected chi connectivity index (χ2v) is 3.95. The Morgan fingerprint density at radius 3 is 3.22 bits per heavy atom. The van der Waals surface area contributed by atoms with Gasteiger partial charge in [-0.1, -0.05) is 0 Å². The fourth-order valence-electron chi connectivity index (χ4n) is 2.00. The van der Waals surface area contributed by atoms with Gasteiger partial charge < -0.3 is 0 Å². The standard InChI is InChI=1S/C11H6N6O/c18-10-7-3-6-4-12-2-1-8(6)14-9(7)15-11-16-13-5-17(10)11/h1-5H,(H,14,15,16)/p+1. The summed E-state index contributed by atoms with van der Waals surface area (Å²) in [4.78, 5) is 23.8.